The van der Waals surface area contributed by atoms with Crippen molar-refractivity contribution in [1.82, 2.24) is 4.98 Å². The molecule has 1 aromatic heterocycles. The van der Waals surface area contributed by atoms with Crippen LogP contribution in [-0.4, -0.2) is 11.0 Å². The molecule has 0 atom stereocenters. The molecular formula is C20H16NO2-. The van der Waals surface area contributed by atoms with E-state index < -0.39 is 5.97 Å². The van der Waals surface area contributed by atoms with E-state index in [1.807, 2.05) is 37.3 Å². The van der Waals surface area contributed by atoms with Crippen LogP contribution in [0.1, 0.15) is 32.7 Å². The molecule has 0 unspecified atom stereocenters. The maximum atomic E-state index is 11.4. The third-order valence-corrected chi connectivity index (χ3v) is 3.81. The highest BCUT2D eigenvalue weighted by atomic mass is 16.4. The topological polar surface area (TPSA) is 53.0 Å². The Balaban J connectivity index is 2.06. The molecule has 0 spiro atoms. The molecule has 0 bridgehead atoms. The fraction of sp³-hybridized carbons (Fsp3) is 0.100. The van der Waals surface area contributed by atoms with Crippen molar-refractivity contribution in [2.24, 2.45) is 0 Å². The first kappa shape index (κ1) is 15.0. The molecule has 23 heavy (non-hydrogen) atoms. The maximum absolute atomic E-state index is 11.4. The summed E-state index contributed by atoms with van der Waals surface area (Å²) >= 11 is 0. The van der Waals surface area contributed by atoms with Gasteiger partial charge in [-0.05, 0) is 43.2 Å². The van der Waals surface area contributed by atoms with Crippen LogP contribution in [-0.2, 0) is 0 Å². The summed E-state index contributed by atoms with van der Waals surface area (Å²) in [7, 11) is 0. The average molecular weight is 302 g/mol. The van der Waals surface area contributed by atoms with Gasteiger partial charge in [-0.2, -0.15) is 0 Å². The van der Waals surface area contributed by atoms with Gasteiger partial charge in [0.15, 0.2) is 0 Å². The summed E-state index contributed by atoms with van der Waals surface area (Å²) in [4.78, 5) is 15.9. The van der Waals surface area contributed by atoms with Crippen LogP contribution >= 0.6 is 0 Å². The highest BCUT2D eigenvalue weighted by molar-refractivity contribution is 6.02. The Morgan fingerprint density at radius 2 is 1.83 bits per heavy atom. The molecule has 0 saturated carbocycles. The molecule has 0 saturated heterocycles. The van der Waals surface area contributed by atoms with Gasteiger partial charge in [-0.3, -0.25) is 0 Å². The molecule has 0 N–H and O–H groups in total. The van der Waals surface area contributed by atoms with Crippen LogP contribution in [0.2, 0.25) is 0 Å². The van der Waals surface area contributed by atoms with E-state index in [0.29, 0.717) is 16.6 Å². The van der Waals surface area contributed by atoms with Gasteiger partial charge in [0.2, 0.25) is 0 Å². The zero-order valence-electron chi connectivity index (χ0n) is 13.0. The zero-order valence-corrected chi connectivity index (χ0v) is 13.0. The van der Waals surface area contributed by atoms with E-state index >= 15 is 0 Å². The lowest BCUT2D eigenvalue weighted by molar-refractivity contribution is -0.254. The first-order valence-electron chi connectivity index (χ1n) is 7.41. The second-order valence-corrected chi connectivity index (χ2v) is 5.59. The highest BCUT2D eigenvalue weighted by Gasteiger charge is 2.05. The van der Waals surface area contributed by atoms with Crippen molar-refractivity contribution >= 4 is 29.0 Å². The molecule has 114 valence electrons. The van der Waals surface area contributed by atoms with Crippen LogP contribution in [0.4, 0.5) is 0 Å². The Bertz CT molecular complexity index is 926. The van der Waals surface area contributed by atoms with Gasteiger partial charge in [0.05, 0.1) is 17.2 Å². The van der Waals surface area contributed by atoms with Crippen molar-refractivity contribution < 1.29 is 9.90 Å². The van der Waals surface area contributed by atoms with Gasteiger partial charge in [-0.15, -0.1) is 0 Å². The van der Waals surface area contributed by atoms with Gasteiger partial charge < -0.3 is 9.90 Å². The van der Waals surface area contributed by atoms with Crippen LogP contribution in [0, 0.1) is 13.8 Å². The maximum Gasteiger partial charge on any atom is 0.0722 e. The summed E-state index contributed by atoms with van der Waals surface area (Å²) < 4.78 is 0. The van der Waals surface area contributed by atoms with Gasteiger partial charge in [-0.25, -0.2) is 4.98 Å². The number of rotatable bonds is 3. The van der Waals surface area contributed by atoms with Crippen LogP contribution in [0.5, 0.6) is 0 Å². The van der Waals surface area contributed by atoms with E-state index in [2.05, 4.69) is 18.0 Å². The Morgan fingerprint density at radius 1 is 1.04 bits per heavy atom. The highest BCUT2D eigenvalue weighted by Crippen LogP contribution is 2.20. The van der Waals surface area contributed by atoms with Crippen molar-refractivity contribution in [2.45, 2.75) is 13.8 Å². The summed E-state index contributed by atoms with van der Waals surface area (Å²) in [6.45, 7) is 4.10. The molecule has 1 heterocycles. The molecule has 2 aromatic carbocycles. The number of fused-ring (bicyclic) bond motifs is 1. The number of aromatic carboxylic acids is 1. The second kappa shape index (κ2) is 6.05. The van der Waals surface area contributed by atoms with Gasteiger partial charge in [0.1, 0.15) is 0 Å². The fourth-order valence-corrected chi connectivity index (χ4v) is 2.64. The quantitative estimate of drug-likeness (QED) is 0.745. The molecule has 3 rings (SSSR count). The molecule has 0 aliphatic rings. The molecule has 0 radical (unpaired) electrons. The number of nitrogens with zero attached hydrogens (tertiary/aromatic N) is 1. The van der Waals surface area contributed by atoms with E-state index in [-0.39, 0.29) is 5.56 Å². The number of aryl methyl sites for hydroxylation is 2. The number of pyridine rings is 1. The van der Waals surface area contributed by atoms with Gasteiger partial charge >= 0.3 is 0 Å². The molecule has 0 aliphatic carbocycles. The summed E-state index contributed by atoms with van der Waals surface area (Å²) in [5, 5.41) is 12.0. The Kier molecular flexibility index (Phi) is 3.94. The summed E-state index contributed by atoms with van der Waals surface area (Å²) in [6, 6.07) is 14.9. The van der Waals surface area contributed by atoms with Crippen LogP contribution in [0.3, 0.4) is 0 Å². The number of hydrogen-bond acceptors (Lipinski definition) is 3. The minimum absolute atomic E-state index is 0.163. The van der Waals surface area contributed by atoms with Gasteiger partial charge in [0.25, 0.3) is 0 Å². The van der Waals surface area contributed by atoms with Crippen LogP contribution in [0.25, 0.3) is 23.1 Å². The third-order valence-electron chi connectivity index (χ3n) is 3.81. The predicted octanol–water partition coefficient (Wildman–Crippen LogP) is 3.39. The molecule has 0 fully saturated rings. The van der Waals surface area contributed by atoms with E-state index in [1.165, 1.54) is 11.1 Å². The lowest BCUT2D eigenvalue weighted by atomic mass is 10.0. The lowest BCUT2D eigenvalue weighted by Gasteiger charge is -2.08. The second-order valence-electron chi connectivity index (χ2n) is 5.59. The largest absolute Gasteiger partial charge is 0.545 e. The number of carbonyl (C=O) groups is 1. The smallest absolute Gasteiger partial charge is 0.0722 e. The first-order valence-corrected chi connectivity index (χ1v) is 7.41. The summed E-state index contributed by atoms with van der Waals surface area (Å²) in [5.74, 6) is -1.19. The van der Waals surface area contributed by atoms with Crippen LogP contribution < -0.4 is 5.11 Å². The number of hydrogen-bond donors (Lipinski definition) is 0. The van der Waals surface area contributed by atoms with Crippen molar-refractivity contribution in [1.29, 1.82) is 0 Å². The van der Waals surface area contributed by atoms with Gasteiger partial charge in [-0.1, -0.05) is 48.0 Å². The van der Waals surface area contributed by atoms with E-state index in [0.717, 1.165) is 5.56 Å². The molecular weight excluding hydrogens is 286 g/mol. The molecule has 0 amide bonds. The van der Waals surface area contributed by atoms with Crippen molar-refractivity contribution in [3.8, 4) is 0 Å². The van der Waals surface area contributed by atoms with E-state index in [4.69, 9.17) is 0 Å². The zero-order chi connectivity index (χ0) is 16.4. The summed E-state index contributed by atoms with van der Waals surface area (Å²) in [6.07, 6.45) is 3.78. The molecule has 3 nitrogen and oxygen atoms in total. The standard InChI is InChI=1S/C20H17NO2/c1-13-7-8-15(14(2)11-13)9-10-16-12-18(20(22)23)17-5-3-4-6-19(17)21-16/h3-12H,1-2H3,(H,22,23)/p-1/b10-9+. The third kappa shape index (κ3) is 3.14. The number of para-hydroxylation sites is 1. The normalized spacial score (nSPS) is 11.2. The Labute approximate surface area is 134 Å². The monoisotopic (exact) mass is 302 g/mol. The lowest BCUT2D eigenvalue weighted by Crippen LogP contribution is -2.22. The molecule has 0 aliphatic heterocycles. The molecule has 3 heteroatoms. The number of carbonyl (C=O) groups excluding carboxylic acids is 1. The van der Waals surface area contributed by atoms with Crippen molar-refractivity contribution in [2.75, 3.05) is 0 Å². The van der Waals surface area contributed by atoms with Crippen molar-refractivity contribution in [3.63, 3.8) is 0 Å². The number of aromatic nitrogens is 1. The van der Waals surface area contributed by atoms with Crippen molar-refractivity contribution in [3.05, 3.63) is 76.5 Å². The minimum atomic E-state index is -1.19. The SMILES string of the molecule is Cc1ccc(/C=C/c2cc(C(=O)[O-])c3ccccc3n2)c(C)c1. The first-order chi connectivity index (χ1) is 11.0. The molecule has 3 aromatic rings. The number of benzene rings is 2. The Hall–Kier alpha value is -2.94. The van der Waals surface area contributed by atoms with E-state index in [1.54, 1.807) is 24.3 Å². The fourth-order valence-electron chi connectivity index (χ4n) is 2.64. The van der Waals surface area contributed by atoms with E-state index in [9.17, 15) is 9.90 Å². The predicted molar refractivity (Wildman–Crippen MR) is 90.9 cm³/mol. The Morgan fingerprint density at radius 3 is 2.57 bits per heavy atom. The average Bonchev–Trinajstić information content (AvgIpc) is 2.53. The number of carboxylic acid groups (broad SMARTS) is 1. The van der Waals surface area contributed by atoms with Crippen LogP contribution in [0.15, 0.2) is 48.5 Å². The minimum Gasteiger partial charge on any atom is -0.545 e. The van der Waals surface area contributed by atoms with Gasteiger partial charge in [0, 0.05) is 10.9 Å². The number of carboxylic acids is 1. The summed E-state index contributed by atoms with van der Waals surface area (Å²) in [5.41, 5.74) is 4.87.